The smallest absolute Gasteiger partial charge is 0.308 e. The fourth-order valence-electron chi connectivity index (χ4n) is 2.78. The lowest BCUT2D eigenvalue weighted by Gasteiger charge is -2.07. The molecule has 0 atom stereocenters. The van der Waals surface area contributed by atoms with Crippen LogP contribution in [0.2, 0.25) is 5.02 Å². The molecule has 1 aliphatic carbocycles. The molecular formula is C17H16ClN3OS. The SMILES string of the molecule is N#Cc1c(NC(=O)Nc2cccc(Cl)c2)sc2c1CCCCC2. The van der Waals surface area contributed by atoms with Crippen molar-refractivity contribution < 1.29 is 4.79 Å². The quantitative estimate of drug-likeness (QED) is 0.736. The highest BCUT2D eigenvalue weighted by molar-refractivity contribution is 7.16. The fourth-order valence-corrected chi connectivity index (χ4v) is 4.21. The predicted octanol–water partition coefficient (Wildman–Crippen LogP) is 5.19. The summed E-state index contributed by atoms with van der Waals surface area (Å²) in [6, 6.07) is 8.85. The van der Waals surface area contributed by atoms with Crippen LogP contribution in [-0.4, -0.2) is 6.03 Å². The van der Waals surface area contributed by atoms with E-state index in [0.29, 0.717) is 21.3 Å². The van der Waals surface area contributed by atoms with Crippen molar-refractivity contribution in [2.75, 3.05) is 10.6 Å². The van der Waals surface area contributed by atoms with E-state index < -0.39 is 0 Å². The van der Waals surface area contributed by atoms with Gasteiger partial charge >= 0.3 is 6.03 Å². The highest BCUT2D eigenvalue weighted by atomic mass is 35.5. The van der Waals surface area contributed by atoms with E-state index in [2.05, 4.69) is 16.7 Å². The monoisotopic (exact) mass is 345 g/mol. The molecule has 0 radical (unpaired) electrons. The molecule has 0 fully saturated rings. The van der Waals surface area contributed by atoms with Gasteiger partial charge < -0.3 is 5.32 Å². The number of nitrogens with zero attached hydrogens (tertiary/aromatic N) is 1. The Kier molecular flexibility index (Phi) is 4.85. The van der Waals surface area contributed by atoms with Gasteiger partial charge in [-0.15, -0.1) is 11.3 Å². The zero-order chi connectivity index (χ0) is 16.2. The summed E-state index contributed by atoms with van der Waals surface area (Å²) in [4.78, 5) is 13.4. The molecule has 118 valence electrons. The lowest BCUT2D eigenvalue weighted by atomic mass is 10.1. The molecule has 6 heteroatoms. The van der Waals surface area contributed by atoms with Gasteiger partial charge in [0.05, 0.1) is 5.56 Å². The van der Waals surface area contributed by atoms with E-state index in [1.807, 2.05) is 0 Å². The summed E-state index contributed by atoms with van der Waals surface area (Å²) >= 11 is 7.43. The lowest BCUT2D eigenvalue weighted by Crippen LogP contribution is -2.19. The Morgan fingerprint density at radius 2 is 2.04 bits per heavy atom. The number of hydrogen-bond acceptors (Lipinski definition) is 3. The number of hydrogen-bond donors (Lipinski definition) is 2. The van der Waals surface area contributed by atoms with Crippen molar-refractivity contribution in [3.05, 3.63) is 45.3 Å². The van der Waals surface area contributed by atoms with Crippen molar-refractivity contribution in [1.82, 2.24) is 0 Å². The van der Waals surface area contributed by atoms with Crippen LogP contribution in [0.4, 0.5) is 15.5 Å². The Hall–Kier alpha value is -2.03. The summed E-state index contributed by atoms with van der Waals surface area (Å²) in [6.07, 6.45) is 5.36. The minimum absolute atomic E-state index is 0.361. The van der Waals surface area contributed by atoms with Gasteiger partial charge in [-0.1, -0.05) is 24.1 Å². The zero-order valence-corrected chi connectivity index (χ0v) is 14.1. The standard InChI is InChI=1S/C17H16ClN3OS/c18-11-5-4-6-12(9-11)20-17(22)21-16-14(10-19)13-7-2-1-3-8-15(13)23-16/h4-6,9H,1-3,7-8H2,(H2,20,21,22). The van der Waals surface area contributed by atoms with E-state index in [1.165, 1.54) is 22.6 Å². The molecule has 3 rings (SSSR count). The number of carbonyl (C=O) groups excluding carboxylic acids is 1. The van der Waals surface area contributed by atoms with Gasteiger partial charge in [0.15, 0.2) is 0 Å². The number of halogens is 1. The molecule has 0 aliphatic heterocycles. The average molecular weight is 346 g/mol. The van der Waals surface area contributed by atoms with Crippen LogP contribution in [0.3, 0.4) is 0 Å². The van der Waals surface area contributed by atoms with Crippen LogP contribution in [0.25, 0.3) is 0 Å². The van der Waals surface area contributed by atoms with Crippen molar-refractivity contribution in [3.8, 4) is 6.07 Å². The van der Waals surface area contributed by atoms with Gasteiger partial charge in [0.1, 0.15) is 11.1 Å². The molecule has 1 aromatic carbocycles. The van der Waals surface area contributed by atoms with E-state index in [4.69, 9.17) is 11.6 Å². The summed E-state index contributed by atoms with van der Waals surface area (Å²) < 4.78 is 0. The van der Waals surface area contributed by atoms with Gasteiger partial charge in [0.2, 0.25) is 0 Å². The van der Waals surface area contributed by atoms with Gasteiger partial charge in [0.25, 0.3) is 0 Å². The van der Waals surface area contributed by atoms with Crippen molar-refractivity contribution in [1.29, 1.82) is 5.26 Å². The Bertz CT molecular complexity index is 779. The molecule has 2 N–H and O–H groups in total. The zero-order valence-electron chi connectivity index (χ0n) is 12.5. The Morgan fingerprint density at radius 3 is 2.83 bits per heavy atom. The van der Waals surface area contributed by atoms with E-state index in [9.17, 15) is 10.1 Å². The molecule has 1 aliphatic rings. The summed E-state index contributed by atoms with van der Waals surface area (Å²) in [6.45, 7) is 0. The maximum Gasteiger partial charge on any atom is 0.324 e. The van der Waals surface area contributed by atoms with Crippen molar-refractivity contribution in [2.45, 2.75) is 32.1 Å². The minimum atomic E-state index is -0.361. The molecule has 4 nitrogen and oxygen atoms in total. The number of anilines is 2. The van der Waals surface area contributed by atoms with Crippen LogP contribution in [0.1, 0.15) is 35.3 Å². The van der Waals surface area contributed by atoms with Crippen LogP contribution >= 0.6 is 22.9 Å². The molecule has 23 heavy (non-hydrogen) atoms. The molecule has 0 saturated carbocycles. The van der Waals surface area contributed by atoms with E-state index in [0.717, 1.165) is 31.2 Å². The van der Waals surface area contributed by atoms with Gasteiger partial charge in [-0.2, -0.15) is 5.26 Å². The van der Waals surface area contributed by atoms with Crippen molar-refractivity contribution in [3.63, 3.8) is 0 Å². The average Bonchev–Trinajstić information content (AvgIpc) is 2.67. The van der Waals surface area contributed by atoms with Gasteiger partial charge in [-0.3, -0.25) is 5.32 Å². The number of carbonyl (C=O) groups is 1. The summed E-state index contributed by atoms with van der Waals surface area (Å²) in [5, 5.41) is 16.2. The van der Waals surface area contributed by atoms with Crippen molar-refractivity contribution in [2.24, 2.45) is 0 Å². The highest BCUT2D eigenvalue weighted by Gasteiger charge is 2.20. The fraction of sp³-hybridized carbons (Fsp3) is 0.294. The Labute approximate surface area is 144 Å². The number of benzene rings is 1. The number of nitriles is 1. The number of urea groups is 1. The Balaban J connectivity index is 1.77. The topological polar surface area (TPSA) is 64.9 Å². The number of aryl methyl sites for hydroxylation is 1. The van der Waals surface area contributed by atoms with Crippen LogP contribution in [0, 0.1) is 11.3 Å². The maximum atomic E-state index is 12.2. The second kappa shape index (κ2) is 7.03. The third-order valence-corrected chi connectivity index (χ3v) is 5.28. The molecule has 0 unspecified atom stereocenters. The third kappa shape index (κ3) is 3.66. The predicted molar refractivity (Wildman–Crippen MR) is 94.4 cm³/mol. The van der Waals surface area contributed by atoms with Gasteiger partial charge in [-0.25, -0.2) is 4.79 Å². The molecule has 1 heterocycles. The normalized spacial score (nSPS) is 13.6. The van der Waals surface area contributed by atoms with Crippen LogP contribution in [-0.2, 0) is 12.8 Å². The molecule has 0 saturated heterocycles. The highest BCUT2D eigenvalue weighted by Crippen LogP contribution is 2.37. The number of fused-ring (bicyclic) bond motifs is 1. The van der Waals surface area contributed by atoms with E-state index in [1.54, 1.807) is 24.3 Å². The molecule has 0 spiro atoms. The van der Waals surface area contributed by atoms with Gasteiger partial charge in [-0.05, 0) is 49.4 Å². The summed E-state index contributed by atoms with van der Waals surface area (Å²) in [5.74, 6) is 0. The summed E-state index contributed by atoms with van der Waals surface area (Å²) in [7, 11) is 0. The minimum Gasteiger partial charge on any atom is -0.308 e. The largest absolute Gasteiger partial charge is 0.324 e. The summed E-state index contributed by atoms with van der Waals surface area (Å²) in [5.41, 5.74) is 2.35. The second-order valence-electron chi connectivity index (χ2n) is 5.47. The molecule has 1 aromatic heterocycles. The lowest BCUT2D eigenvalue weighted by molar-refractivity contribution is 0.262. The van der Waals surface area contributed by atoms with E-state index in [-0.39, 0.29) is 6.03 Å². The first-order valence-corrected chi connectivity index (χ1v) is 8.75. The molecule has 2 amide bonds. The first-order valence-electron chi connectivity index (χ1n) is 7.55. The van der Waals surface area contributed by atoms with E-state index >= 15 is 0 Å². The third-order valence-electron chi connectivity index (χ3n) is 3.84. The van der Waals surface area contributed by atoms with Crippen LogP contribution in [0.15, 0.2) is 24.3 Å². The first kappa shape index (κ1) is 15.9. The van der Waals surface area contributed by atoms with Crippen LogP contribution in [0.5, 0.6) is 0 Å². The molecule has 0 bridgehead atoms. The number of nitrogens with one attached hydrogen (secondary N) is 2. The number of thiophene rings is 1. The maximum absolute atomic E-state index is 12.2. The van der Waals surface area contributed by atoms with Crippen LogP contribution < -0.4 is 10.6 Å². The number of rotatable bonds is 2. The van der Waals surface area contributed by atoms with Crippen molar-refractivity contribution >= 4 is 39.7 Å². The molecular weight excluding hydrogens is 330 g/mol. The Morgan fingerprint density at radius 1 is 1.22 bits per heavy atom. The second-order valence-corrected chi connectivity index (χ2v) is 7.01. The first-order chi connectivity index (χ1) is 11.2. The van der Waals surface area contributed by atoms with Gasteiger partial charge in [0, 0.05) is 15.6 Å². The molecule has 2 aromatic rings. The number of amides is 2.